The summed E-state index contributed by atoms with van der Waals surface area (Å²) in [6.07, 6.45) is 6.79. The van der Waals surface area contributed by atoms with Gasteiger partial charge in [-0.05, 0) is 72.6 Å². The quantitative estimate of drug-likeness (QED) is 0.695. The molecule has 2 unspecified atom stereocenters. The Bertz CT molecular complexity index is 356. The molecule has 122 valence electrons. The molecule has 1 heterocycles. The highest BCUT2D eigenvalue weighted by molar-refractivity contribution is 5.84. The molecule has 1 saturated carbocycles. The zero-order valence-corrected chi connectivity index (χ0v) is 13.9. The second kappa shape index (κ2) is 7.07. The van der Waals surface area contributed by atoms with Crippen LogP contribution < -0.4 is 11.1 Å². The first-order chi connectivity index (χ1) is 9.90. The molecule has 0 aromatic heterocycles. The number of likely N-dealkylation sites (tertiary alicyclic amines) is 1. The Balaban J connectivity index is 1.75. The van der Waals surface area contributed by atoms with E-state index < -0.39 is 5.54 Å². The summed E-state index contributed by atoms with van der Waals surface area (Å²) in [5, 5.41) is 3.43. The standard InChI is InChI=1S/C16H32N4O/c1-16(15(17)21,18-13-7-8-13)9-5-11-20-10-4-6-14(12-20)19(2)3/h13-14,18H,4-12H2,1-3H3,(H2,17,21). The van der Waals surface area contributed by atoms with E-state index in [9.17, 15) is 4.79 Å². The normalized spacial score (nSPS) is 26.8. The van der Waals surface area contributed by atoms with E-state index in [1.807, 2.05) is 6.92 Å². The molecule has 1 aliphatic heterocycles. The van der Waals surface area contributed by atoms with E-state index >= 15 is 0 Å². The zero-order valence-electron chi connectivity index (χ0n) is 13.9. The van der Waals surface area contributed by atoms with Gasteiger partial charge in [-0.3, -0.25) is 4.79 Å². The fourth-order valence-electron chi connectivity index (χ4n) is 3.26. The van der Waals surface area contributed by atoms with E-state index in [2.05, 4.69) is 29.2 Å². The van der Waals surface area contributed by atoms with E-state index in [1.165, 1.54) is 32.2 Å². The van der Waals surface area contributed by atoms with Gasteiger partial charge in [0, 0.05) is 18.6 Å². The molecule has 2 atom stereocenters. The summed E-state index contributed by atoms with van der Waals surface area (Å²) >= 11 is 0. The Morgan fingerprint density at radius 1 is 1.38 bits per heavy atom. The van der Waals surface area contributed by atoms with Crippen LogP contribution in [0.3, 0.4) is 0 Å². The van der Waals surface area contributed by atoms with Crippen LogP contribution in [0.25, 0.3) is 0 Å². The minimum absolute atomic E-state index is 0.209. The van der Waals surface area contributed by atoms with Crippen molar-refractivity contribution in [2.24, 2.45) is 5.73 Å². The number of amides is 1. The molecule has 3 N–H and O–H groups in total. The number of rotatable bonds is 8. The van der Waals surface area contributed by atoms with Gasteiger partial charge < -0.3 is 20.9 Å². The maximum atomic E-state index is 11.7. The lowest BCUT2D eigenvalue weighted by Gasteiger charge is -2.36. The SMILES string of the molecule is CN(C)C1CCCN(CCCC(C)(NC2CC2)C(N)=O)C1. The largest absolute Gasteiger partial charge is 0.368 e. The Kier molecular flexibility index (Phi) is 5.63. The molecule has 1 aliphatic carbocycles. The number of carbonyl (C=O) groups is 1. The highest BCUT2D eigenvalue weighted by Gasteiger charge is 2.36. The van der Waals surface area contributed by atoms with Crippen molar-refractivity contribution in [2.45, 2.75) is 63.1 Å². The van der Waals surface area contributed by atoms with E-state index in [4.69, 9.17) is 5.73 Å². The van der Waals surface area contributed by atoms with Crippen LogP contribution in [0.2, 0.25) is 0 Å². The van der Waals surface area contributed by atoms with Gasteiger partial charge in [0.25, 0.3) is 0 Å². The summed E-state index contributed by atoms with van der Waals surface area (Å²) in [5.41, 5.74) is 5.08. The first-order valence-corrected chi connectivity index (χ1v) is 8.37. The smallest absolute Gasteiger partial charge is 0.237 e. The second-order valence-corrected chi connectivity index (χ2v) is 7.28. The summed E-state index contributed by atoms with van der Waals surface area (Å²) < 4.78 is 0. The predicted octanol–water partition coefficient (Wildman–Crippen LogP) is 0.789. The first kappa shape index (κ1) is 16.7. The van der Waals surface area contributed by atoms with Crippen LogP contribution in [-0.4, -0.2) is 67.1 Å². The number of nitrogens with one attached hydrogen (secondary N) is 1. The van der Waals surface area contributed by atoms with E-state index in [1.54, 1.807) is 0 Å². The van der Waals surface area contributed by atoms with Gasteiger partial charge in [0.1, 0.15) is 0 Å². The average molecular weight is 296 g/mol. The highest BCUT2D eigenvalue weighted by Crippen LogP contribution is 2.25. The van der Waals surface area contributed by atoms with Crippen LogP contribution in [0, 0.1) is 0 Å². The number of primary amides is 1. The van der Waals surface area contributed by atoms with Crippen molar-refractivity contribution in [1.82, 2.24) is 15.1 Å². The van der Waals surface area contributed by atoms with E-state index in [-0.39, 0.29) is 5.91 Å². The van der Waals surface area contributed by atoms with Gasteiger partial charge >= 0.3 is 0 Å². The molecule has 0 aromatic rings. The van der Waals surface area contributed by atoms with Gasteiger partial charge in [0.05, 0.1) is 5.54 Å². The minimum Gasteiger partial charge on any atom is -0.368 e. The molecule has 21 heavy (non-hydrogen) atoms. The van der Waals surface area contributed by atoms with Gasteiger partial charge in [-0.1, -0.05) is 0 Å². The van der Waals surface area contributed by atoms with Crippen molar-refractivity contribution in [3.05, 3.63) is 0 Å². The number of piperidine rings is 1. The molecule has 2 fully saturated rings. The fraction of sp³-hybridized carbons (Fsp3) is 0.938. The topological polar surface area (TPSA) is 61.6 Å². The van der Waals surface area contributed by atoms with Gasteiger partial charge in [-0.15, -0.1) is 0 Å². The van der Waals surface area contributed by atoms with E-state index in [0.29, 0.717) is 12.1 Å². The number of likely N-dealkylation sites (N-methyl/N-ethyl adjacent to an activating group) is 1. The molecular weight excluding hydrogens is 264 g/mol. The van der Waals surface area contributed by atoms with Gasteiger partial charge in [0.2, 0.25) is 5.91 Å². The molecule has 5 heteroatoms. The van der Waals surface area contributed by atoms with Crippen LogP contribution in [0.5, 0.6) is 0 Å². The molecule has 0 spiro atoms. The third-order valence-corrected chi connectivity index (χ3v) is 5.01. The summed E-state index contributed by atoms with van der Waals surface area (Å²) in [7, 11) is 4.33. The molecule has 1 amide bonds. The molecule has 2 aliphatic rings. The third kappa shape index (κ3) is 4.94. The number of carbonyl (C=O) groups excluding carboxylic acids is 1. The lowest BCUT2D eigenvalue weighted by molar-refractivity contribution is -0.124. The lowest BCUT2D eigenvalue weighted by Crippen LogP contribution is -2.54. The lowest BCUT2D eigenvalue weighted by atomic mass is 9.94. The summed E-state index contributed by atoms with van der Waals surface area (Å²) in [6, 6.07) is 1.18. The van der Waals surface area contributed by atoms with Crippen molar-refractivity contribution in [3.8, 4) is 0 Å². The van der Waals surface area contributed by atoms with Gasteiger partial charge in [0.15, 0.2) is 0 Å². The minimum atomic E-state index is -0.530. The summed E-state index contributed by atoms with van der Waals surface area (Å²) in [6.45, 7) is 5.37. The van der Waals surface area contributed by atoms with Crippen molar-refractivity contribution < 1.29 is 4.79 Å². The van der Waals surface area contributed by atoms with E-state index in [0.717, 1.165) is 25.9 Å². The Hall–Kier alpha value is -0.650. The molecule has 0 bridgehead atoms. The van der Waals surface area contributed by atoms with Crippen LogP contribution in [0.15, 0.2) is 0 Å². The monoisotopic (exact) mass is 296 g/mol. The van der Waals surface area contributed by atoms with Crippen molar-refractivity contribution in [2.75, 3.05) is 33.7 Å². The molecule has 1 saturated heterocycles. The first-order valence-electron chi connectivity index (χ1n) is 8.37. The molecule has 2 rings (SSSR count). The summed E-state index contributed by atoms with van der Waals surface area (Å²) in [4.78, 5) is 16.6. The van der Waals surface area contributed by atoms with Gasteiger partial charge in [-0.2, -0.15) is 0 Å². The second-order valence-electron chi connectivity index (χ2n) is 7.28. The number of hydrogen-bond acceptors (Lipinski definition) is 4. The number of nitrogens with zero attached hydrogens (tertiary/aromatic N) is 2. The highest BCUT2D eigenvalue weighted by atomic mass is 16.1. The van der Waals surface area contributed by atoms with Crippen molar-refractivity contribution in [1.29, 1.82) is 0 Å². The maximum Gasteiger partial charge on any atom is 0.237 e. The van der Waals surface area contributed by atoms with Crippen LogP contribution in [0.4, 0.5) is 0 Å². The summed E-state index contributed by atoms with van der Waals surface area (Å²) in [5.74, 6) is -0.209. The zero-order chi connectivity index (χ0) is 15.5. The molecule has 0 radical (unpaired) electrons. The Labute approximate surface area is 129 Å². The molecule has 0 aromatic carbocycles. The fourth-order valence-corrected chi connectivity index (χ4v) is 3.26. The van der Waals surface area contributed by atoms with Crippen LogP contribution >= 0.6 is 0 Å². The Morgan fingerprint density at radius 2 is 2.10 bits per heavy atom. The number of hydrogen-bond donors (Lipinski definition) is 2. The van der Waals surface area contributed by atoms with Crippen molar-refractivity contribution >= 4 is 5.91 Å². The Morgan fingerprint density at radius 3 is 2.67 bits per heavy atom. The van der Waals surface area contributed by atoms with Gasteiger partial charge in [-0.25, -0.2) is 0 Å². The average Bonchev–Trinajstić information content (AvgIpc) is 3.22. The number of nitrogens with two attached hydrogens (primary N) is 1. The van der Waals surface area contributed by atoms with Crippen LogP contribution in [-0.2, 0) is 4.79 Å². The predicted molar refractivity (Wildman–Crippen MR) is 86.1 cm³/mol. The third-order valence-electron chi connectivity index (χ3n) is 5.01. The molecule has 5 nitrogen and oxygen atoms in total. The van der Waals surface area contributed by atoms with Crippen LogP contribution in [0.1, 0.15) is 45.4 Å². The molecular formula is C16H32N4O. The maximum absolute atomic E-state index is 11.7. The van der Waals surface area contributed by atoms with Crippen molar-refractivity contribution in [3.63, 3.8) is 0 Å².